The van der Waals surface area contributed by atoms with Gasteiger partial charge >= 0.3 is 0 Å². The molecule has 1 aromatic carbocycles. The van der Waals surface area contributed by atoms with Crippen molar-refractivity contribution < 1.29 is 13.2 Å². The predicted molar refractivity (Wildman–Crippen MR) is 82.6 cm³/mol. The number of aromatic nitrogens is 2. The maximum absolute atomic E-state index is 11.3. The number of fused-ring (bicyclic) bond motifs is 1. The molecule has 110 valence electrons. The van der Waals surface area contributed by atoms with E-state index in [1.54, 1.807) is 4.57 Å². The van der Waals surface area contributed by atoms with E-state index in [0.717, 1.165) is 23.2 Å². The molecule has 0 saturated heterocycles. The monoisotopic (exact) mass is 314 g/mol. The summed E-state index contributed by atoms with van der Waals surface area (Å²) in [5.41, 5.74) is 1.69. The lowest BCUT2D eigenvalue weighted by atomic mass is 10.3. The van der Waals surface area contributed by atoms with Crippen LogP contribution in [0, 0.1) is 4.77 Å². The van der Waals surface area contributed by atoms with Gasteiger partial charge in [-0.25, -0.2) is 8.42 Å². The molecule has 0 unspecified atom stereocenters. The van der Waals surface area contributed by atoms with E-state index >= 15 is 0 Å². The van der Waals surface area contributed by atoms with Crippen molar-refractivity contribution >= 4 is 33.1 Å². The van der Waals surface area contributed by atoms with Gasteiger partial charge in [-0.2, -0.15) is 0 Å². The standard InChI is InChI=1S/C13H18N2O3S2/c1-3-8-18-11-6-4-5-10-12(11)14-13(19)15(10)7-9-20(2,16)17/h4-6H,3,7-9H2,1-2H3,(H,14,19). The Morgan fingerprint density at radius 1 is 1.40 bits per heavy atom. The number of hydrogen-bond acceptors (Lipinski definition) is 4. The van der Waals surface area contributed by atoms with E-state index < -0.39 is 9.84 Å². The Bertz CT molecular complexity index is 760. The van der Waals surface area contributed by atoms with Crippen LogP contribution in [0.4, 0.5) is 0 Å². The second-order valence-corrected chi connectivity index (χ2v) is 7.36. The Labute approximate surface area is 123 Å². The topological polar surface area (TPSA) is 64.1 Å². The number of aryl methyl sites for hydroxylation is 1. The molecule has 1 aromatic heterocycles. The fourth-order valence-electron chi connectivity index (χ4n) is 1.97. The first kappa shape index (κ1) is 15.1. The highest BCUT2D eigenvalue weighted by Gasteiger charge is 2.11. The number of H-pyrrole nitrogens is 1. The first-order valence-electron chi connectivity index (χ1n) is 6.44. The maximum Gasteiger partial charge on any atom is 0.178 e. The molecule has 0 saturated carbocycles. The molecular formula is C13H18N2O3S2. The molecule has 0 radical (unpaired) electrons. The number of rotatable bonds is 6. The molecule has 0 aliphatic heterocycles. The molecule has 0 fully saturated rings. The van der Waals surface area contributed by atoms with Gasteiger partial charge in [-0.1, -0.05) is 13.0 Å². The first-order valence-corrected chi connectivity index (χ1v) is 8.91. The smallest absolute Gasteiger partial charge is 0.178 e. The molecule has 0 amide bonds. The van der Waals surface area contributed by atoms with Gasteiger partial charge in [-0.15, -0.1) is 0 Å². The number of nitrogens with one attached hydrogen (secondary N) is 1. The Hall–Kier alpha value is -1.34. The van der Waals surface area contributed by atoms with E-state index in [0.29, 0.717) is 17.9 Å². The molecule has 0 bridgehead atoms. The van der Waals surface area contributed by atoms with Crippen LogP contribution in [0.25, 0.3) is 11.0 Å². The molecule has 2 aromatic rings. The minimum Gasteiger partial charge on any atom is -0.491 e. The number of nitrogens with zero attached hydrogens (tertiary/aromatic N) is 1. The van der Waals surface area contributed by atoms with Crippen LogP contribution in [0.1, 0.15) is 13.3 Å². The highest BCUT2D eigenvalue weighted by Crippen LogP contribution is 2.25. The molecule has 0 spiro atoms. The quantitative estimate of drug-likeness (QED) is 0.832. The average Bonchev–Trinajstić information content (AvgIpc) is 2.69. The summed E-state index contributed by atoms with van der Waals surface area (Å²) in [5.74, 6) is 0.808. The SMILES string of the molecule is CCCOc1cccc2c1[nH]c(=S)n2CCS(C)(=O)=O. The number of para-hydroxylation sites is 1. The number of aromatic amines is 1. The van der Waals surface area contributed by atoms with Gasteiger partial charge in [0.2, 0.25) is 0 Å². The van der Waals surface area contributed by atoms with Crippen LogP contribution < -0.4 is 4.74 Å². The van der Waals surface area contributed by atoms with Crippen LogP contribution in [-0.2, 0) is 16.4 Å². The summed E-state index contributed by atoms with van der Waals surface area (Å²) < 4.78 is 30.6. The zero-order chi connectivity index (χ0) is 14.8. The van der Waals surface area contributed by atoms with E-state index in [1.165, 1.54) is 6.26 Å². The third kappa shape index (κ3) is 3.40. The van der Waals surface area contributed by atoms with Crippen molar-refractivity contribution in [1.29, 1.82) is 0 Å². The van der Waals surface area contributed by atoms with Gasteiger partial charge in [-0.3, -0.25) is 0 Å². The largest absolute Gasteiger partial charge is 0.491 e. The molecule has 5 nitrogen and oxygen atoms in total. The van der Waals surface area contributed by atoms with E-state index in [-0.39, 0.29) is 5.75 Å². The van der Waals surface area contributed by atoms with Gasteiger partial charge in [0, 0.05) is 12.8 Å². The van der Waals surface area contributed by atoms with E-state index in [1.807, 2.05) is 25.1 Å². The highest BCUT2D eigenvalue weighted by molar-refractivity contribution is 7.90. The van der Waals surface area contributed by atoms with Crippen molar-refractivity contribution in [2.75, 3.05) is 18.6 Å². The summed E-state index contributed by atoms with van der Waals surface area (Å²) in [4.78, 5) is 3.10. The Morgan fingerprint density at radius 3 is 2.80 bits per heavy atom. The minimum atomic E-state index is -3.02. The maximum atomic E-state index is 11.3. The van der Waals surface area contributed by atoms with E-state index in [4.69, 9.17) is 17.0 Å². The van der Waals surface area contributed by atoms with Gasteiger partial charge in [0.05, 0.1) is 17.9 Å². The molecule has 2 rings (SSSR count). The van der Waals surface area contributed by atoms with Crippen molar-refractivity contribution in [3.05, 3.63) is 23.0 Å². The second kappa shape index (κ2) is 5.97. The van der Waals surface area contributed by atoms with Crippen LogP contribution in [0.3, 0.4) is 0 Å². The Kier molecular flexibility index (Phi) is 4.49. The van der Waals surface area contributed by atoms with Crippen molar-refractivity contribution in [2.45, 2.75) is 19.9 Å². The molecule has 7 heteroatoms. The minimum absolute atomic E-state index is 0.0638. The van der Waals surface area contributed by atoms with Crippen molar-refractivity contribution in [3.63, 3.8) is 0 Å². The summed E-state index contributed by atoms with van der Waals surface area (Å²) in [6.45, 7) is 3.02. The lowest BCUT2D eigenvalue weighted by Gasteiger charge is -2.06. The van der Waals surface area contributed by atoms with Gasteiger partial charge in [-0.05, 0) is 30.8 Å². The van der Waals surface area contributed by atoms with Crippen molar-refractivity contribution in [1.82, 2.24) is 9.55 Å². The van der Waals surface area contributed by atoms with Crippen molar-refractivity contribution in [3.8, 4) is 5.75 Å². The lowest BCUT2D eigenvalue weighted by molar-refractivity contribution is 0.320. The zero-order valence-corrected chi connectivity index (χ0v) is 13.2. The molecule has 0 aliphatic rings. The molecule has 1 N–H and O–H groups in total. The number of imidazole rings is 1. The van der Waals surface area contributed by atoms with Crippen LogP contribution in [0.2, 0.25) is 0 Å². The molecule has 0 atom stereocenters. The van der Waals surface area contributed by atoms with Gasteiger partial charge in [0.25, 0.3) is 0 Å². The number of sulfone groups is 1. The fourth-order valence-corrected chi connectivity index (χ4v) is 2.77. The van der Waals surface area contributed by atoms with Crippen molar-refractivity contribution in [2.24, 2.45) is 0 Å². The van der Waals surface area contributed by atoms with E-state index in [2.05, 4.69) is 4.98 Å². The predicted octanol–water partition coefficient (Wildman–Crippen LogP) is 2.53. The normalized spacial score (nSPS) is 11.9. The molecule has 20 heavy (non-hydrogen) atoms. The number of ether oxygens (including phenoxy) is 1. The van der Waals surface area contributed by atoms with Gasteiger partial charge in [0.15, 0.2) is 4.77 Å². The van der Waals surface area contributed by atoms with Crippen LogP contribution in [-0.4, -0.2) is 36.6 Å². The van der Waals surface area contributed by atoms with Crippen LogP contribution in [0.15, 0.2) is 18.2 Å². The molecular weight excluding hydrogens is 296 g/mol. The average molecular weight is 314 g/mol. The summed E-state index contributed by atoms with van der Waals surface area (Å²) in [6.07, 6.45) is 2.15. The van der Waals surface area contributed by atoms with Gasteiger partial charge in [0.1, 0.15) is 21.1 Å². The Balaban J connectivity index is 2.41. The third-order valence-corrected chi connectivity index (χ3v) is 4.17. The summed E-state index contributed by atoms with van der Waals surface area (Å²) >= 11 is 5.27. The van der Waals surface area contributed by atoms with Crippen LogP contribution in [0.5, 0.6) is 5.75 Å². The highest BCUT2D eigenvalue weighted by atomic mass is 32.2. The number of hydrogen-bond donors (Lipinski definition) is 1. The Morgan fingerprint density at radius 2 is 2.15 bits per heavy atom. The van der Waals surface area contributed by atoms with Crippen LogP contribution >= 0.6 is 12.2 Å². The summed E-state index contributed by atoms with van der Waals surface area (Å²) in [6, 6.07) is 5.67. The lowest BCUT2D eigenvalue weighted by Crippen LogP contribution is -2.11. The fraction of sp³-hybridized carbons (Fsp3) is 0.462. The third-order valence-electron chi connectivity index (χ3n) is 2.92. The van der Waals surface area contributed by atoms with E-state index in [9.17, 15) is 8.42 Å². The zero-order valence-electron chi connectivity index (χ0n) is 11.5. The number of benzene rings is 1. The first-order chi connectivity index (χ1) is 9.42. The molecule has 1 heterocycles. The summed E-state index contributed by atoms with van der Waals surface area (Å²) in [7, 11) is -3.02. The molecule has 0 aliphatic carbocycles. The van der Waals surface area contributed by atoms with Gasteiger partial charge < -0.3 is 14.3 Å². The second-order valence-electron chi connectivity index (χ2n) is 4.71. The summed E-state index contributed by atoms with van der Waals surface area (Å²) in [5, 5.41) is 0.